The fourth-order valence-electron chi connectivity index (χ4n) is 1.87. The molecule has 0 atom stereocenters. The standard InChI is InChI=1S/C17H16BrN3O4/c1-25-14-4-2-3-13(9-14)21-17(24)16(23)19-10-15(22)20-12-7-5-11(18)6-8-12/h2-9H,10H2,1H3,(H,19,23)(H,20,22)(H,21,24). The second-order valence-corrected chi connectivity index (χ2v) is 5.84. The van der Waals surface area contributed by atoms with E-state index in [1.165, 1.54) is 7.11 Å². The molecular formula is C17H16BrN3O4. The van der Waals surface area contributed by atoms with Crippen LogP contribution in [-0.4, -0.2) is 31.4 Å². The summed E-state index contributed by atoms with van der Waals surface area (Å²) >= 11 is 3.29. The maximum Gasteiger partial charge on any atom is 0.313 e. The highest BCUT2D eigenvalue weighted by Gasteiger charge is 2.15. The summed E-state index contributed by atoms with van der Waals surface area (Å²) in [4.78, 5) is 35.4. The Morgan fingerprint density at radius 1 is 0.960 bits per heavy atom. The molecule has 0 radical (unpaired) electrons. The summed E-state index contributed by atoms with van der Waals surface area (Å²) in [7, 11) is 1.50. The minimum Gasteiger partial charge on any atom is -0.497 e. The van der Waals surface area contributed by atoms with E-state index < -0.39 is 17.7 Å². The number of methoxy groups -OCH3 is 1. The fourth-order valence-corrected chi connectivity index (χ4v) is 2.13. The Kier molecular flexibility index (Phi) is 6.53. The molecule has 7 nitrogen and oxygen atoms in total. The van der Waals surface area contributed by atoms with Crippen LogP contribution in [0.3, 0.4) is 0 Å². The Morgan fingerprint density at radius 2 is 1.68 bits per heavy atom. The van der Waals surface area contributed by atoms with Gasteiger partial charge in [0.15, 0.2) is 0 Å². The summed E-state index contributed by atoms with van der Waals surface area (Å²) in [5.74, 6) is -1.67. The smallest absolute Gasteiger partial charge is 0.313 e. The van der Waals surface area contributed by atoms with Crippen LogP contribution in [0.15, 0.2) is 53.0 Å². The highest BCUT2D eigenvalue weighted by atomic mass is 79.9. The van der Waals surface area contributed by atoms with Crippen molar-refractivity contribution in [1.82, 2.24) is 5.32 Å². The maximum absolute atomic E-state index is 11.8. The highest BCUT2D eigenvalue weighted by molar-refractivity contribution is 9.10. The number of anilines is 2. The average molecular weight is 406 g/mol. The first kappa shape index (κ1) is 18.5. The number of carbonyl (C=O) groups is 3. The molecule has 130 valence electrons. The van der Waals surface area contributed by atoms with Crippen molar-refractivity contribution in [2.24, 2.45) is 0 Å². The topological polar surface area (TPSA) is 96.5 Å². The summed E-state index contributed by atoms with van der Waals surface area (Å²) in [5, 5.41) is 7.29. The SMILES string of the molecule is COc1cccc(NC(=O)C(=O)NCC(=O)Nc2ccc(Br)cc2)c1. The molecule has 0 saturated carbocycles. The van der Waals surface area contributed by atoms with E-state index >= 15 is 0 Å². The first-order chi connectivity index (χ1) is 12.0. The molecule has 2 aromatic rings. The number of nitrogens with one attached hydrogen (secondary N) is 3. The summed E-state index contributed by atoms with van der Waals surface area (Å²) in [6, 6.07) is 13.5. The zero-order valence-electron chi connectivity index (χ0n) is 13.3. The van der Waals surface area contributed by atoms with Crippen molar-refractivity contribution >= 4 is 45.0 Å². The molecule has 25 heavy (non-hydrogen) atoms. The van der Waals surface area contributed by atoms with Crippen LogP contribution in [-0.2, 0) is 14.4 Å². The van der Waals surface area contributed by atoms with Crippen LogP contribution in [0.2, 0.25) is 0 Å². The van der Waals surface area contributed by atoms with E-state index in [0.29, 0.717) is 17.1 Å². The lowest BCUT2D eigenvalue weighted by Gasteiger charge is -2.08. The summed E-state index contributed by atoms with van der Waals surface area (Å²) < 4.78 is 5.91. The van der Waals surface area contributed by atoms with Gasteiger partial charge in [-0.3, -0.25) is 14.4 Å². The van der Waals surface area contributed by atoms with Gasteiger partial charge in [-0.05, 0) is 36.4 Å². The minimum absolute atomic E-state index is 0.319. The molecule has 3 amide bonds. The van der Waals surface area contributed by atoms with Gasteiger partial charge in [0.1, 0.15) is 5.75 Å². The molecule has 2 aromatic carbocycles. The minimum atomic E-state index is -0.909. The van der Waals surface area contributed by atoms with Gasteiger partial charge in [-0.25, -0.2) is 0 Å². The van der Waals surface area contributed by atoms with Crippen LogP contribution >= 0.6 is 15.9 Å². The van der Waals surface area contributed by atoms with Crippen LogP contribution in [0.5, 0.6) is 5.75 Å². The number of benzene rings is 2. The van der Waals surface area contributed by atoms with Crippen LogP contribution < -0.4 is 20.7 Å². The zero-order chi connectivity index (χ0) is 18.2. The third kappa shape index (κ3) is 5.92. The number of ether oxygens (including phenoxy) is 1. The fraction of sp³-hybridized carbons (Fsp3) is 0.118. The number of hydrogen-bond acceptors (Lipinski definition) is 4. The molecule has 8 heteroatoms. The van der Waals surface area contributed by atoms with E-state index in [1.807, 2.05) is 0 Å². The van der Waals surface area contributed by atoms with Crippen LogP contribution in [0, 0.1) is 0 Å². The number of amides is 3. The molecule has 0 aliphatic heterocycles. The molecule has 0 bridgehead atoms. The van der Waals surface area contributed by atoms with E-state index in [0.717, 1.165) is 4.47 Å². The van der Waals surface area contributed by atoms with Crippen LogP contribution in [0.4, 0.5) is 11.4 Å². The van der Waals surface area contributed by atoms with E-state index in [-0.39, 0.29) is 6.54 Å². The highest BCUT2D eigenvalue weighted by Crippen LogP contribution is 2.16. The van der Waals surface area contributed by atoms with E-state index in [9.17, 15) is 14.4 Å². The quantitative estimate of drug-likeness (QED) is 0.663. The number of hydrogen-bond donors (Lipinski definition) is 3. The van der Waals surface area contributed by atoms with Gasteiger partial charge < -0.3 is 20.7 Å². The van der Waals surface area contributed by atoms with E-state index in [1.54, 1.807) is 48.5 Å². The Bertz CT molecular complexity index is 778. The average Bonchev–Trinajstić information content (AvgIpc) is 2.61. The first-order valence-electron chi connectivity index (χ1n) is 7.26. The molecule has 0 spiro atoms. The lowest BCUT2D eigenvalue weighted by molar-refractivity contribution is -0.136. The Labute approximate surface area is 152 Å². The summed E-state index contributed by atoms with van der Waals surface area (Å²) in [6.07, 6.45) is 0. The van der Waals surface area contributed by atoms with Crippen molar-refractivity contribution < 1.29 is 19.1 Å². The van der Waals surface area contributed by atoms with E-state index in [4.69, 9.17) is 4.74 Å². The number of carbonyl (C=O) groups excluding carboxylic acids is 3. The predicted octanol–water partition coefficient (Wildman–Crippen LogP) is 2.15. The van der Waals surface area contributed by atoms with Crippen molar-refractivity contribution in [1.29, 1.82) is 0 Å². The van der Waals surface area contributed by atoms with Crippen LogP contribution in [0.25, 0.3) is 0 Å². The molecule has 0 unspecified atom stereocenters. The molecule has 2 rings (SSSR count). The molecule has 0 fully saturated rings. The second-order valence-electron chi connectivity index (χ2n) is 4.92. The van der Waals surface area contributed by atoms with Crippen molar-refractivity contribution in [2.75, 3.05) is 24.3 Å². The molecular weight excluding hydrogens is 390 g/mol. The third-order valence-electron chi connectivity index (χ3n) is 3.07. The second kappa shape index (κ2) is 8.84. The Hall–Kier alpha value is -2.87. The number of halogens is 1. The monoisotopic (exact) mass is 405 g/mol. The Balaban J connectivity index is 1.81. The molecule has 3 N–H and O–H groups in total. The molecule has 0 heterocycles. The normalized spacial score (nSPS) is 9.84. The largest absolute Gasteiger partial charge is 0.497 e. The lowest BCUT2D eigenvalue weighted by atomic mass is 10.3. The maximum atomic E-state index is 11.8. The zero-order valence-corrected chi connectivity index (χ0v) is 14.9. The molecule has 0 aliphatic rings. The van der Waals surface area contributed by atoms with Crippen molar-refractivity contribution in [2.45, 2.75) is 0 Å². The van der Waals surface area contributed by atoms with Gasteiger partial charge in [-0.15, -0.1) is 0 Å². The summed E-state index contributed by atoms with van der Waals surface area (Å²) in [5.41, 5.74) is 1.00. The first-order valence-corrected chi connectivity index (χ1v) is 8.06. The van der Waals surface area contributed by atoms with Gasteiger partial charge >= 0.3 is 11.8 Å². The molecule has 0 saturated heterocycles. The van der Waals surface area contributed by atoms with Crippen molar-refractivity contribution in [3.05, 3.63) is 53.0 Å². The lowest BCUT2D eigenvalue weighted by Crippen LogP contribution is -2.39. The van der Waals surface area contributed by atoms with Crippen molar-refractivity contribution in [3.8, 4) is 5.75 Å². The number of rotatable bonds is 5. The van der Waals surface area contributed by atoms with Gasteiger partial charge in [0, 0.05) is 21.9 Å². The van der Waals surface area contributed by atoms with Crippen LogP contribution in [0.1, 0.15) is 0 Å². The summed E-state index contributed by atoms with van der Waals surface area (Å²) in [6.45, 7) is -0.319. The van der Waals surface area contributed by atoms with E-state index in [2.05, 4.69) is 31.9 Å². The van der Waals surface area contributed by atoms with Gasteiger partial charge in [-0.2, -0.15) is 0 Å². The molecule has 0 aliphatic carbocycles. The van der Waals surface area contributed by atoms with Gasteiger partial charge in [-0.1, -0.05) is 22.0 Å². The van der Waals surface area contributed by atoms with Crippen molar-refractivity contribution in [3.63, 3.8) is 0 Å². The third-order valence-corrected chi connectivity index (χ3v) is 3.60. The van der Waals surface area contributed by atoms with Gasteiger partial charge in [0.2, 0.25) is 5.91 Å². The Morgan fingerprint density at radius 3 is 2.36 bits per heavy atom. The predicted molar refractivity (Wildman–Crippen MR) is 97.4 cm³/mol. The van der Waals surface area contributed by atoms with Gasteiger partial charge in [0.05, 0.1) is 13.7 Å². The van der Waals surface area contributed by atoms with Gasteiger partial charge in [0.25, 0.3) is 0 Å². The molecule has 0 aromatic heterocycles.